The Balaban J connectivity index is 1.94. The number of rotatable bonds is 6. The molecule has 0 saturated carbocycles. The third-order valence-electron chi connectivity index (χ3n) is 3.24. The highest BCUT2D eigenvalue weighted by Gasteiger charge is 2.16. The first-order valence-electron chi connectivity index (χ1n) is 6.85. The van der Waals surface area contributed by atoms with Crippen LogP contribution in [0.1, 0.15) is 18.3 Å². The predicted octanol–water partition coefficient (Wildman–Crippen LogP) is 3.24. The summed E-state index contributed by atoms with van der Waals surface area (Å²) >= 11 is 12.1. The molecule has 0 aliphatic rings. The van der Waals surface area contributed by atoms with Crippen LogP contribution in [0.4, 0.5) is 0 Å². The van der Waals surface area contributed by atoms with Crippen LogP contribution in [0.3, 0.4) is 0 Å². The monoisotopic (exact) mass is 327 g/mol. The molecule has 1 aromatic heterocycles. The number of aromatic nitrogens is 2. The van der Waals surface area contributed by atoms with E-state index in [1.807, 2.05) is 26.1 Å². The Bertz CT molecular complexity index is 596. The van der Waals surface area contributed by atoms with Gasteiger partial charge in [-0.2, -0.15) is 5.10 Å². The van der Waals surface area contributed by atoms with Gasteiger partial charge in [0.25, 0.3) is 0 Å². The Morgan fingerprint density at radius 1 is 1.29 bits per heavy atom. The second kappa shape index (κ2) is 7.16. The van der Waals surface area contributed by atoms with Crippen LogP contribution in [-0.4, -0.2) is 22.4 Å². The summed E-state index contributed by atoms with van der Waals surface area (Å²) in [6, 6.07) is 7.06. The predicted molar refractivity (Wildman–Crippen MR) is 86.2 cm³/mol. The lowest BCUT2D eigenvalue weighted by molar-refractivity contribution is 0.286. The van der Waals surface area contributed by atoms with Gasteiger partial charge in [-0.25, -0.2) is 0 Å². The van der Waals surface area contributed by atoms with E-state index >= 15 is 0 Å². The van der Waals surface area contributed by atoms with Crippen molar-refractivity contribution in [3.05, 3.63) is 45.7 Å². The van der Waals surface area contributed by atoms with Crippen LogP contribution in [0, 0.1) is 0 Å². The van der Waals surface area contributed by atoms with Gasteiger partial charge in [0.15, 0.2) is 0 Å². The molecular weight excluding hydrogens is 309 g/mol. The number of nitrogens with zero attached hydrogens (tertiary/aromatic N) is 2. The Morgan fingerprint density at radius 2 is 1.95 bits per heavy atom. The minimum atomic E-state index is -0.154. The van der Waals surface area contributed by atoms with Crippen LogP contribution in [0.15, 0.2) is 24.3 Å². The molecule has 1 atom stereocenters. The van der Waals surface area contributed by atoms with Crippen molar-refractivity contribution in [2.24, 2.45) is 12.8 Å². The molecule has 0 radical (unpaired) electrons. The molecule has 0 fully saturated rings. The summed E-state index contributed by atoms with van der Waals surface area (Å²) in [5.41, 5.74) is 7.97. The van der Waals surface area contributed by atoms with Crippen molar-refractivity contribution in [1.29, 1.82) is 0 Å². The highest BCUT2D eigenvalue weighted by Crippen LogP contribution is 2.22. The van der Waals surface area contributed by atoms with E-state index in [1.165, 1.54) is 0 Å². The first kappa shape index (κ1) is 16.1. The lowest BCUT2D eigenvalue weighted by Gasteiger charge is -2.13. The van der Waals surface area contributed by atoms with Crippen LogP contribution in [0.25, 0.3) is 0 Å². The molecule has 114 valence electrons. The lowest BCUT2D eigenvalue weighted by Crippen LogP contribution is -2.31. The first-order chi connectivity index (χ1) is 10.0. The minimum absolute atomic E-state index is 0.154. The van der Waals surface area contributed by atoms with Crippen molar-refractivity contribution in [1.82, 2.24) is 9.78 Å². The zero-order valence-corrected chi connectivity index (χ0v) is 13.7. The molecule has 2 aromatic rings. The van der Waals surface area contributed by atoms with E-state index in [0.717, 1.165) is 23.6 Å². The zero-order chi connectivity index (χ0) is 15.4. The van der Waals surface area contributed by atoms with E-state index in [0.29, 0.717) is 23.1 Å². The largest absolute Gasteiger partial charge is 0.492 e. The number of aryl methyl sites for hydroxylation is 2. The standard InChI is InChI=1S/C15H19Cl2N3O/c1-3-13-15(17)14(20(2)19-13)8-11(18)9-21-12-6-4-10(16)5-7-12/h4-7,11H,3,8-9,18H2,1-2H3. The molecular formula is C15H19Cl2N3O. The first-order valence-corrected chi connectivity index (χ1v) is 7.61. The second-order valence-corrected chi connectivity index (χ2v) is 5.73. The Kier molecular flexibility index (Phi) is 5.51. The third-order valence-corrected chi connectivity index (χ3v) is 3.92. The second-order valence-electron chi connectivity index (χ2n) is 4.91. The molecule has 2 rings (SSSR count). The summed E-state index contributed by atoms with van der Waals surface area (Å²) in [5, 5.41) is 5.77. The van der Waals surface area contributed by atoms with Gasteiger partial charge in [-0.15, -0.1) is 0 Å². The van der Waals surface area contributed by atoms with Gasteiger partial charge in [-0.1, -0.05) is 30.1 Å². The van der Waals surface area contributed by atoms with Gasteiger partial charge < -0.3 is 10.5 Å². The average Bonchev–Trinajstić information content (AvgIpc) is 2.74. The SMILES string of the molecule is CCc1nn(C)c(CC(N)COc2ccc(Cl)cc2)c1Cl. The molecule has 1 heterocycles. The molecule has 0 saturated heterocycles. The molecule has 0 spiro atoms. The molecule has 0 bridgehead atoms. The summed E-state index contributed by atoms with van der Waals surface area (Å²) in [5.74, 6) is 0.750. The van der Waals surface area contributed by atoms with Gasteiger partial charge in [0, 0.05) is 24.5 Å². The van der Waals surface area contributed by atoms with Crippen molar-refractivity contribution >= 4 is 23.2 Å². The molecule has 0 amide bonds. The maximum Gasteiger partial charge on any atom is 0.119 e. The molecule has 0 aliphatic carbocycles. The van der Waals surface area contributed by atoms with Crippen LogP contribution < -0.4 is 10.5 Å². The molecule has 4 nitrogen and oxygen atoms in total. The van der Waals surface area contributed by atoms with E-state index in [1.54, 1.807) is 16.8 Å². The van der Waals surface area contributed by atoms with Gasteiger partial charge in [0.2, 0.25) is 0 Å². The van der Waals surface area contributed by atoms with Gasteiger partial charge in [-0.3, -0.25) is 4.68 Å². The molecule has 2 N–H and O–H groups in total. The molecule has 0 aliphatic heterocycles. The van der Waals surface area contributed by atoms with Gasteiger partial charge in [0.1, 0.15) is 12.4 Å². The van der Waals surface area contributed by atoms with Crippen LogP contribution in [-0.2, 0) is 19.9 Å². The summed E-state index contributed by atoms with van der Waals surface area (Å²) < 4.78 is 7.45. The maximum absolute atomic E-state index is 6.31. The van der Waals surface area contributed by atoms with Crippen molar-refractivity contribution in [2.75, 3.05) is 6.61 Å². The molecule has 1 aromatic carbocycles. The fourth-order valence-corrected chi connectivity index (χ4v) is 2.58. The zero-order valence-electron chi connectivity index (χ0n) is 12.1. The summed E-state index contributed by atoms with van der Waals surface area (Å²) in [6.07, 6.45) is 1.43. The summed E-state index contributed by atoms with van der Waals surface area (Å²) in [6.45, 7) is 2.44. The number of hydrogen-bond donors (Lipinski definition) is 1. The highest BCUT2D eigenvalue weighted by molar-refractivity contribution is 6.32. The maximum atomic E-state index is 6.31. The molecule has 1 unspecified atom stereocenters. The Labute approximate surface area is 134 Å². The topological polar surface area (TPSA) is 53.1 Å². The summed E-state index contributed by atoms with van der Waals surface area (Å²) in [4.78, 5) is 0. The fraction of sp³-hybridized carbons (Fsp3) is 0.400. The fourth-order valence-electron chi connectivity index (χ4n) is 2.08. The van der Waals surface area contributed by atoms with Crippen LogP contribution in [0.2, 0.25) is 10.0 Å². The van der Waals surface area contributed by atoms with E-state index in [2.05, 4.69) is 5.10 Å². The molecule has 6 heteroatoms. The van der Waals surface area contributed by atoms with Crippen molar-refractivity contribution in [3.63, 3.8) is 0 Å². The normalized spacial score (nSPS) is 12.4. The number of benzene rings is 1. The van der Waals surface area contributed by atoms with Crippen molar-refractivity contribution in [2.45, 2.75) is 25.8 Å². The number of halogens is 2. The van der Waals surface area contributed by atoms with E-state index in [9.17, 15) is 0 Å². The quantitative estimate of drug-likeness (QED) is 0.886. The average molecular weight is 328 g/mol. The van der Waals surface area contributed by atoms with Gasteiger partial charge in [-0.05, 0) is 30.7 Å². The van der Waals surface area contributed by atoms with E-state index < -0.39 is 0 Å². The van der Waals surface area contributed by atoms with Gasteiger partial charge in [0.05, 0.1) is 16.4 Å². The third kappa shape index (κ3) is 4.13. The molecule has 21 heavy (non-hydrogen) atoms. The van der Waals surface area contributed by atoms with Crippen LogP contribution >= 0.6 is 23.2 Å². The minimum Gasteiger partial charge on any atom is -0.492 e. The Hall–Kier alpha value is -1.23. The Morgan fingerprint density at radius 3 is 2.52 bits per heavy atom. The lowest BCUT2D eigenvalue weighted by atomic mass is 10.1. The van der Waals surface area contributed by atoms with Gasteiger partial charge >= 0.3 is 0 Å². The number of ether oxygens (including phenoxy) is 1. The summed E-state index contributed by atoms with van der Waals surface area (Å²) in [7, 11) is 1.88. The number of nitrogens with two attached hydrogens (primary N) is 1. The number of hydrogen-bond acceptors (Lipinski definition) is 3. The van der Waals surface area contributed by atoms with Crippen molar-refractivity contribution < 1.29 is 4.74 Å². The smallest absolute Gasteiger partial charge is 0.119 e. The van der Waals surface area contributed by atoms with E-state index in [-0.39, 0.29) is 6.04 Å². The van der Waals surface area contributed by atoms with Crippen molar-refractivity contribution in [3.8, 4) is 5.75 Å². The van der Waals surface area contributed by atoms with Crippen LogP contribution in [0.5, 0.6) is 5.75 Å². The van der Waals surface area contributed by atoms with E-state index in [4.69, 9.17) is 33.7 Å². The highest BCUT2D eigenvalue weighted by atomic mass is 35.5.